The summed E-state index contributed by atoms with van der Waals surface area (Å²) in [5.41, 5.74) is 3.17. The number of aromatic amines is 1. The van der Waals surface area contributed by atoms with Crippen LogP contribution in [0.2, 0.25) is 0 Å². The Balaban J connectivity index is 1.73. The van der Waals surface area contributed by atoms with Crippen molar-refractivity contribution in [2.24, 2.45) is 0 Å². The average Bonchev–Trinajstić information content (AvgIpc) is 2.88. The zero-order valence-corrected chi connectivity index (χ0v) is 12.8. The van der Waals surface area contributed by atoms with Crippen LogP contribution in [0, 0.1) is 6.92 Å². The summed E-state index contributed by atoms with van der Waals surface area (Å²) in [4.78, 5) is 8.00. The molecule has 5 nitrogen and oxygen atoms in total. The molecule has 0 unspecified atom stereocenters. The van der Waals surface area contributed by atoms with E-state index in [1.807, 2.05) is 13.0 Å². The lowest BCUT2D eigenvalue weighted by molar-refractivity contribution is 0.579. The van der Waals surface area contributed by atoms with E-state index >= 15 is 0 Å². The summed E-state index contributed by atoms with van der Waals surface area (Å²) in [7, 11) is -3.49. The smallest absolute Gasteiger partial charge is 0.240 e. The van der Waals surface area contributed by atoms with E-state index < -0.39 is 10.0 Å². The highest BCUT2D eigenvalue weighted by Crippen LogP contribution is 2.19. The first-order chi connectivity index (χ1) is 10.0. The van der Waals surface area contributed by atoms with Gasteiger partial charge in [-0.1, -0.05) is 12.1 Å². The van der Waals surface area contributed by atoms with Crippen molar-refractivity contribution in [2.45, 2.75) is 44.0 Å². The van der Waals surface area contributed by atoms with E-state index in [-0.39, 0.29) is 6.54 Å². The summed E-state index contributed by atoms with van der Waals surface area (Å²) in [6, 6.07) is 6.88. The molecular formula is C15H19N3O2S. The zero-order valence-electron chi connectivity index (χ0n) is 12.0. The van der Waals surface area contributed by atoms with Crippen LogP contribution in [0.4, 0.5) is 0 Å². The summed E-state index contributed by atoms with van der Waals surface area (Å²) in [6.07, 6.45) is 4.32. The van der Waals surface area contributed by atoms with Crippen LogP contribution < -0.4 is 4.72 Å². The van der Waals surface area contributed by atoms with Gasteiger partial charge in [0.2, 0.25) is 10.0 Å². The lowest BCUT2D eigenvalue weighted by atomic mass is 10.0. The largest absolute Gasteiger partial charge is 0.345 e. The minimum Gasteiger partial charge on any atom is -0.345 e. The molecule has 0 saturated carbocycles. The number of nitrogens with zero attached hydrogens (tertiary/aromatic N) is 1. The highest BCUT2D eigenvalue weighted by molar-refractivity contribution is 7.89. The van der Waals surface area contributed by atoms with E-state index in [2.05, 4.69) is 14.7 Å². The monoisotopic (exact) mass is 305 g/mol. The van der Waals surface area contributed by atoms with Crippen LogP contribution in [0.15, 0.2) is 29.2 Å². The van der Waals surface area contributed by atoms with Crippen LogP contribution in [-0.2, 0) is 29.4 Å². The van der Waals surface area contributed by atoms with Gasteiger partial charge in [-0.3, -0.25) is 0 Å². The van der Waals surface area contributed by atoms with Gasteiger partial charge in [0.25, 0.3) is 0 Å². The van der Waals surface area contributed by atoms with Gasteiger partial charge in [0.05, 0.1) is 17.1 Å². The van der Waals surface area contributed by atoms with Crippen molar-refractivity contribution in [3.05, 3.63) is 47.0 Å². The van der Waals surface area contributed by atoms with Gasteiger partial charge in [0, 0.05) is 5.69 Å². The van der Waals surface area contributed by atoms with Crippen molar-refractivity contribution in [2.75, 3.05) is 0 Å². The highest BCUT2D eigenvalue weighted by Gasteiger charge is 2.17. The molecule has 0 radical (unpaired) electrons. The Hall–Kier alpha value is -1.66. The lowest BCUT2D eigenvalue weighted by Crippen LogP contribution is -2.23. The Morgan fingerprint density at radius 1 is 1.29 bits per heavy atom. The molecule has 0 fully saturated rings. The molecule has 3 rings (SSSR count). The Kier molecular flexibility index (Phi) is 3.82. The van der Waals surface area contributed by atoms with Gasteiger partial charge in [0.15, 0.2) is 0 Å². The van der Waals surface area contributed by atoms with Crippen LogP contribution in [0.1, 0.15) is 35.6 Å². The van der Waals surface area contributed by atoms with E-state index in [4.69, 9.17) is 0 Å². The molecule has 2 aromatic rings. The molecule has 1 aliphatic rings. The fourth-order valence-corrected chi connectivity index (χ4v) is 3.72. The Morgan fingerprint density at radius 3 is 2.86 bits per heavy atom. The van der Waals surface area contributed by atoms with E-state index in [1.54, 1.807) is 18.2 Å². The van der Waals surface area contributed by atoms with Crippen LogP contribution >= 0.6 is 0 Å². The van der Waals surface area contributed by atoms with Crippen LogP contribution in [0.5, 0.6) is 0 Å². The molecule has 1 aromatic heterocycles. The topological polar surface area (TPSA) is 74.8 Å². The molecule has 1 aromatic carbocycles. The zero-order chi connectivity index (χ0) is 14.9. The fourth-order valence-electron chi connectivity index (χ4n) is 2.63. The van der Waals surface area contributed by atoms with Crippen LogP contribution in [-0.4, -0.2) is 18.4 Å². The van der Waals surface area contributed by atoms with E-state index in [1.165, 1.54) is 6.42 Å². The molecule has 0 aliphatic heterocycles. The van der Waals surface area contributed by atoms with Crippen molar-refractivity contribution in [1.82, 2.24) is 14.7 Å². The standard InChI is InChI=1S/C15H19N3O2S/c1-11-5-4-6-12(9-11)21(19,20)16-10-15-17-13-7-2-3-8-14(13)18-15/h4-6,9,16H,2-3,7-8,10H2,1H3,(H,17,18). The molecule has 0 atom stereocenters. The first kappa shape index (κ1) is 14.3. The number of imidazole rings is 1. The summed E-state index contributed by atoms with van der Waals surface area (Å²) in [5.74, 6) is 0.693. The number of nitrogens with one attached hydrogen (secondary N) is 2. The maximum atomic E-state index is 12.2. The summed E-state index contributed by atoms with van der Waals surface area (Å²) >= 11 is 0. The number of hydrogen-bond donors (Lipinski definition) is 2. The van der Waals surface area contributed by atoms with Gasteiger partial charge in [-0.15, -0.1) is 0 Å². The van der Waals surface area contributed by atoms with E-state index in [0.717, 1.165) is 36.2 Å². The number of rotatable bonds is 4. The number of aromatic nitrogens is 2. The van der Waals surface area contributed by atoms with Gasteiger partial charge in [-0.2, -0.15) is 0 Å². The fraction of sp³-hybridized carbons (Fsp3) is 0.400. The molecule has 112 valence electrons. The van der Waals surface area contributed by atoms with E-state index in [0.29, 0.717) is 10.7 Å². The SMILES string of the molecule is Cc1cccc(S(=O)(=O)NCc2nc3c([nH]2)CCCC3)c1. The molecular weight excluding hydrogens is 286 g/mol. The molecule has 1 aliphatic carbocycles. The van der Waals surface area contributed by atoms with Crippen molar-refractivity contribution in [3.8, 4) is 0 Å². The number of hydrogen-bond acceptors (Lipinski definition) is 3. The molecule has 2 N–H and O–H groups in total. The van der Waals surface area contributed by atoms with Gasteiger partial charge >= 0.3 is 0 Å². The number of sulfonamides is 1. The van der Waals surface area contributed by atoms with Crippen molar-refractivity contribution in [1.29, 1.82) is 0 Å². The maximum absolute atomic E-state index is 12.2. The van der Waals surface area contributed by atoms with Gasteiger partial charge < -0.3 is 4.98 Å². The Bertz CT molecular complexity index is 727. The second-order valence-corrected chi connectivity index (χ2v) is 7.22. The van der Waals surface area contributed by atoms with Gasteiger partial charge in [-0.25, -0.2) is 18.1 Å². The van der Waals surface area contributed by atoms with Crippen LogP contribution in [0.3, 0.4) is 0 Å². The predicted molar refractivity (Wildman–Crippen MR) is 80.4 cm³/mol. The lowest BCUT2D eigenvalue weighted by Gasteiger charge is -2.07. The third-order valence-electron chi connectivity index (χ3n) is 3.73. The molecule has 0 saturated heterocycles. The molecule has 0 bridgehead atoms. The quantitative estimate of drug-likeness (QED) is 0.908. The molecule has 6 heteroatoms. The molecule has 0 amide bonds. The minimum absolute atomic E-state index is 0.198. The summed E-state index contributed by atoms with van der Waals surface area (Å²) in [5, 5.41) is 0. The van der Waals surface area contributed by atoms with Crippen molar-refractivity contribution in [3.63, 3.8) is 0 Å². The Morgan fingerprint density at radius 2 is 2.10 bits per heavy atom. The summed E-state index contributed by atoms with van der Waals surface area (Å²) < 4.78 is 27.1. The van der Waals surface area contributed by atoms with E-state index in [9.17, 15) is 8.42 Å². The minimum atomic E-state index is -3.49. The average molecular weight is 305 g/mol. The number of H-pyrrole nitrogens is 1. The third-order valence-corrected chi connectivity index (χ3v) is 5.13. The predicted octanol–water partition coefficient (Wildman–Crippen LogP) is 2.08. The maximum Gasteiger partial charge on any atom is 0.240 e. The first-order valence-corrected chi connectivity index (χ1v) is 8.66. The first-order valence-electron chi connectivity index (χ1n) is 7.17. The second kappa shape index (κ2) is 5.61. The highest BCUT2D eigenvalue weighted by atomic mass is 32.2. The number of benzene rings is 1. The third kappa shape index (κ3) is 3.16. The second-order valence-electron chi connectivity index (χ2n) is 5.46. The normalized spacial score (nSPS) is 14.9. The van der Waals surface area contributed by atoms with Crippen LogP contribution in [0.25, 0.3) is 0 Å². The number of aryl methyl sites for hydroxylation is 3. The van der Waals surface area contributed by atoms with Gasteiger partial charge in [0.1, 0.15) is 5.82 Å². The molecule has 21 heavy (non-hydrogen) atoms. The van der Waals surface area contributed by atoms with Crippen molar-refractivity contribution >= 4 is 10.0 Å². The van der Waals surface area contributed by atoms with Crippen molar-refractivity contribution < 1.29 is 8.42 Å². The molecule has 1 heterocycles. The Labute approximate surface area is 124 Å². The van der Waals surface area contributed by atoms with Gasteiger partial charge in [-0.05, 0) is 50.3 Å². The number of fused-ring (bicyclic) bond motifs is 1. The summed E-state index contributed by atoms with van der Waals surface area (Å²) in [6.45, 7) is 2.07. The molecule has 0 spiro atoms.